The number of carboxylic acids is 1. The summed E-state index contributed by atoms with van der Waals surface area (Å²) >= 11 is 0. The van der Waals surface area contributed by atoms with E-state index in [4.69, 9.17) is 9.66 Å². The molecule has 0 radical (unpaired) electrons. The molecule has 122 valence electrons. The van der Waals surface area contributed by atoms with Crippen LogP contribution in [-0.2, 0) is 26.1 Å². The van der Waals surface area contributed by atoms with Crippen LogP contribution in [0.5, 0.6) is 0 Å². The van der Waals surface area contributed by atoms with Crippen molar-refractivity contribution < 1.29 is 27.7 Å². The third kappa shape index (κ3) is 4.02. The molecule has 1 aliphatic heterocycles. The minimum atomic E-state index is -4.23. The van der Waals surface area contributed by atoms with E-state index in [0.717, 1.165) is 0 Å². The summed E-state index contributed by atoms with van der Waals surface area (Å²) in [5, 5.41) is 13.1. The third-order valence-corrected chi connectivity index (χ3v) is 4.62. The molecule has 10 nitrogen and oxygen atoms in total. The number of carbonyl (C=O) groups excluding carboxylic acids is 1. The van der Waals surface area contributed by atoms with Gasteiger partial charge in [-0.3, -0.25) is 9.35 Å². The lowest BCUT2D eigenvalue weighted by Crippen LogP contribution is -2.49. The Bertz CT molecular complexity index is 644. The van der Waals surface area contributed by atoms with E-state index in [0.29, 0.717) is 5.69 Å². The van der Waals surface area contributed by atoms with Crippen LogP contribution in [0, 0.1) is 0 Å². The maximum atomic E-state index is 12.0. The Morgan fingerprint density at radius 2 is 2.23 bits per heavy atom. The number of hydrogen-bond donors (Lipinski definition) is 5. The molecule has 0 aromatic carbocycles. The molecule has 3 atom stereocenters. The summed E-state index contributed by atoms with van der Waals surface area (Å²) in [7, 11) is -4.23. The Hall–Kier alpha value is -1.98. The van der Waals surface area contributed by atoms with Gasteiger partial charge in [0.1, 0.15) is 11.3 Å². The Labute approximate surface area is 126 Å². The van der Waals surface area contributed by atoms with Gasteiger partial charge in [-0.1, -0.05) is 0 Å². The Morgan fingerprint density at radius 3 is 2.73 bits per heavy atom. The number of nitrogens with one attached hydrogen (secondary N) is 3. The van der Waals surface area contributed by atoms with Crippen molar-refractivity contribution in [1.82, 2.24) is 20.6 Å². The first kappa shape index (κ1) is 16.4. The van der Waals surface area contributed by atoms with Gasteiger partial charge in [-0.05, 0) is 6.42 Å². The van der Waals surface area contributed by atoms with E-state index in [1.165, 1.54) is 12.5 Å². The molecule has 11 heteroatoms. The van der Waals surface area contributed by atoms with Crippen molar-refractivity contribution in [3.63, 3.8) is 0 Å². The van der Waals surface area contributed by atoms with E-state index in [1.54, 1.807) is 0 Å². The zero-order chi connectivity index (χ0) is 16.3. The van der Waals surface area contributed by atoms with Crippen molar-refractivity contribution in [2.24, 2.45) is 0 Å². The average molecular weight is 332 g/mol. The molecule has 1 saturated heterocycles. The lowest BCUT2D eigenvalue weighted by atomic mass is 10.1. The predicted octanol–water partition coefficient (Wildman–Crippen LogP) is -1.86. The number of H-pyrrole nitrogens is 1. The summed E-state index contributed by atoms with van der Waals surface area (Å²) in [4.78, 5) is 29.7. The summed E-state index contributed by atoms with van der Waals surface area (Å²) in [6.45, 7) is -0.0603. The number of hydrogen-bond acceptors (Lipinski definition) is 6. The first-order chi connectivity index (χ1) is 10.3. The summed E-state index contributed by atoms with van der Waals surface area (Å²) in [6, 6.07) is -2.03. The van der Waals surface area contributed by atoms with Gasteiger partial charge in [-0.25, -0.2) is 9.78 Å². The van der Waals surface area contributed by atoms with Gasteiger partial charge >= 0.3 is 5.97 Å². The fourth-order valence-corrected chi connectivity index (χ4v) is 2.96. The minimum Gasteiger partial charge on any atom is -0.480 e. The number of imidazole rings is 1. The number of aromatic nitrogens is 2. The van der Waals surface area contributed by atoms with Gasteiger partial charge in [0.05, 0.1) is 12.4 Å². The highest BCUT2D eigenvalue weighted by molar-refractivity contribution is 7.86. The van der Waals surface area contributed by atoms with Crippen LogP contribution in [0.4, 0.5) is 0 Å². The molecule has 1 aromatic rings. The van der Waals surface area contributed by atoms with Gasteiger partial charge in [0.2, 0.25) is 5.91 Å². The van der Waals surface area contributed by atoms with Crippen LogP contribution in [-0.4, -0.2) is 63.8 Å². The number of aromatic amines is 1. The smallest absolute Gasteiger partial charge is 0.326 e. The number of aliphatic carboxylic acids is 1. The van der Waals surface area contributed by atoms with Crippen molar-refractivity contribution in [1.29, 1.82) is 0 Å². The molecule has 1 aliphatic rings. The van der Waals surface area contributed by atoms with Gasteiger partial charge in [-0.2, -0.15) is 8.42 Å². The third-order valence-electron chi connectivity index (χ3n) is 3.42. The first-order valence-electron chi connectivity index (χ1n) is 6.47. The average Bonchev–Trinajstić information content (AvgIpc) is 3.08. The van der Waals surface area contributed by atoms with Gasteiger partial charge < -0.3 is 20.7 Å². The Kier molecular flexibility index (Phi) is 4.78. The van der Waals surface area contributed by atoms with Crippen molar-refractivity contribution in [3.8, 4) is 0 Å². The molecule has 0 aliphatic carbocycles. The molecular formula is C11H16N4O6S. The summed E-state index contributed by atoms with van der Waals surface area (Å²) in [5.41, 5.74) is 0.544. The number of carbonyl (C=O) groups is 2. The predicted molar refractivity (Wildman–Crippen MR) is 73.6 cm³/mol. The van der Waals surface area contributed by atoms with Crippen molar-refractivity contribution in [2.75, 3.05) is 6.54 Å². The largest absolute Gasteiger partial charge is 0.480 e. The molecule has 1 aromatic heterocycles. The van der Waals surface area contributed by atoms with Crippen LogP contribution in [0.15, 0.2) is 12.5 Å². The highest BCUT2D eigenvalue weighted by atomic mass is 32.2. The zero-order valence-electron chi connectivity index (χ0n) is 11.4. The zero-order valence-corrected chi connectivity index (χ0v) is 12.2. The maximum Gasteiger partial charge on any atom is 0.326 e. The molecule has 0 unspecified atom stereocenters. The van der Waals surface area contributed by atoms with Crippen molar-refractivity contribution >= 4 is 22.0 Å². The second kappa shape index (κ2) is 6.42. The van der Waals surface area contributed by atoms with E-state index < -0.39 is 39.3 Å². The van der Waals surface area contributed by atoms with E-state index in [-0.39, 0.29) is 19.4 Å². The van der Waals surface area contributed by atoms with Crippen LogP contribution in [0.3, 0.4) is 0 Å². The van der Waals surface area contributed by atoms with Crippen LogP contribution in [0.2, 0.25) is 0 Å². The number of carboxylic acid groups (broad SMARTS) is 1. The highest BCUT2D eigenvalue weighted by Crippen LogP contribution is 2.14. The van der Waals surface area contributed by atoms with Crippen LogP contribution < -0.4 is 10.6 Å². The maximum absolute atomic E-state index is 12.0. The summed E-state index contributed by atoms with van der Waals surface area (Å²) in [5.74, 6) is -1.84. The monoisotopic (exact) mass is 332 g/mol. The van der Waals surface area contributed by atoms with E-state index >= 15 is 0 Å². The molecule has 1 amide bonds. The van der Waals surface area contributed by atoms with Crippen LogP contribution in [0.1, 0.15) is 12.1 Å². The molecule has 2 heterocycles. The van der Waals surface area contributed by atoms with Crippen LogP contribution >= 0.6 is 0 Å². The quantitative estimate of drug-likeness (QED) is 0.379. The van der Waals surface area contributed by atoms with E-state index in [9.17, 15) is 18.0 Å². The molecule has 0 saturated carbocycles. The lowest BCUT2D eigenvalue weighted by Gasteiger charge is -2.17. The molecule has 0 bridgehead atoms. The molecule has 22 heavy (non-hydrogen) atoms. The molecular weight excluding hydrogens is 316 g/mol. The van der Waals surface area contributed by atoms with Gasteiger partial charge in [-0.15, -0.1) is 0 Å². The number of amides is 1. The molecule has 2 rings (SSSR count). The normalized spacial score (nSPS) is 23.1. The fourth-order valence-electron chi connectivity index (χ4n) is 2.22. The molecule has 1 fully saturated rings. The topological polar surface area (TPSA) is 161 Å². The van der Waals surface area contributed by atoms with Crippen molar-refractivity contribution in [2.45, 2.75) is 30.2 Å². The number of rotatable bonds is 6. The highest BCUT2D eigenvalue weighted by Gasteiger charge is 2.37. The first-order valence-corrected chi connectivity index (χ1v) is 7.98. The fraction of sp³-hybridized carbons (Fsp3) is 0.545. The SMILES string of the molecule is O=C(O)[C@H](Cc1cnc[nH]1)NC(=O)[C@@H]1C[C@@H](S(=O)(=O)O)CN1. The van der Waals surface area contributed by atoms with E-state index in [2.05, 4.69) is 20.6 Å². The molecule has 0 spiro atoms. The van der Waals surface area contributed by atoms with Gasteiger partial charge in [0.25, 0.3) is 10.1 Å². The van der Waals surface area contributed by atoms with Gasteiger partial charge in [0, 0.05) is 24.9 Å². The summed E-state index contributed by atoms with van der Waals surface area (Å²) in [6.07, 6.45) is 2.76. The Balaban J connectivity index is 1.96. The minimum absolute atomic E-state index is 0.0233. The standard InChI is InChI=1S/C11H16N4O6S/c16-10(8-2-7(4-13-8)22(19,20)21)15-9(11(17)18)1-6-3-12-5-14-6/h3,5,7-9,13H,1-2,4H2,(H,12,14)(H,15,16)(H,17,18)(H,19,20,21)/t7-,8+,9+/m1/s1. The lowest BCUT2D eigenvalue weighted by molar-refractivity contribution is -0.142. The number of nitrogens with zero attached hydrogens (tertiary/aromatic N) is 1. The van der Waals surface area contributed by atoms with Crippen LogP contribution in [0.25, 0.3) is 0 Å². The van der Waals surface area contributed by atoms with Gasteiger partial charge in [0.15, 0.2) is 0 Å². The molecule has 5 N–H and O–H groups in total. The second-order valence-corrected chi connectivity index (χ2v) is 6.71. The van der Waals surface area contributed by atoms with E-state index in [1.807, 2.05) is 0 Å². The Morgan fingerprint density at radius 1 is 1.50 bits per heavy atom. The van der Waals surface area contributed by atoms with Crippen molar-refractivity contribution in [3.05, 3.63) is 18.2 Å². The summed E-state index contributed by atoms with van der Waals surface area (Å²) < 4.78 is 31.0. The second-order valence-electron chi connectivity index (χ2n) is 5.01.